The predicted octanol–water partition coefficient (Wildman–Crippen LogP) is 0.0294. The molecule has 0 amide bonds. The van der Waals surface area contributed by atoms with Crippen molar-refractivity contribution in [3.63, 3.8) is 0 Å². The molecule has 7 nitrogen and oxygen atoms in total. The Labute approximate surface area is 93.0 Å². The van der Waals surface area contributed by atoms with Crippen LogP contribution in [-0.2, 0) is 16.0 Å². The highest BCUT2D eigenvalue weighted by molar-refractivity contribution is 5.84. The first-order chi connectivity index (χ1) is 7.74. The molecular weight excluding hydrogens is 214 g/mol. The lowest BCUT2D eigenvalue weighted by molar-refractivity contribution is 0.0676. The maximum Gasteiger partial charge on any atom is 0.358 e. The third kappa shape index (κ3) is 4.37. The molecule has 0 bridgehead atoms. The Bertz CT molecular complexity index is 326. The van der Waals surface area contributed by atoms with Gasteiger partial charge in [0.2, 0.25) is 0 Å². The molecule has 1 aromatic heterocycles. The zero-order chi connectivity index (χ0) is 11.8. The molecular formula is C9H15N3O4. The first-order valence-electron chi connectivity index (χ1n) is 4.94. The molecule has 1 aromatic rings. The molecule has 90 valence electrons. The van der Waals surface area contributed by atoms with Crippen LogP contribution in [0.3, 0.4) is 0 Å². The summed E-state index contributed by atoms with van der Waals surface area (Å²) < 4.78 is 11.6. The second-order valence-electron chi connectivity index (χ2n) is 3.13. The minimum absolute atomic E-state index is 0.0414. The number of ether oxygens (including phenoxy) is 2. The quantitative estimate of drug-likeness (QED) is 0.633. The predicted molar refractivity (Wildman–Crippen MR) is 54.3 cm³/mol. The van der Waals surface area contributed by atoms with Crippen molar-refractivity contribution in [1.29, 1.82) is 0 Å². The highest BCUT2D eigenvalue weighted by Crippen LogP contribution is 1.95. The van der Waals surface area contributed by atoms with Crippen LogP contribution in [0.15, 0.2) is 6.20 Å². The molecule has 0 atom stereocenters. The van der Waals surface area contributed by atoms with Crippen molar-refractivity contribution in [3.8, 4) is 0 Å². The summed E-state index contributed by atoms with van der Waals surface area (Å²) in [6.07, 6.45) is 2.16. The van der Waals surface area contributed by atoms with E-state index in [0.29, 0.717) is 26.4 Å². The molecule has 0 aliphatic carbocycles. The Morgan fingerprint density at radius 2 is 2.31 bits per heavy atom. The minimum atomic E-state index is -1.07. The van der Waals surface area contributed by atoms with E-state index in [2.05, 4.69) is 10.3 Å². The summed E-state index contributed by atoms with van der Waals surface area (Å²) >= 11 is 0. The minimum Gasteiger partial charge on any atom is -0.476 e. The van der Waals surface area contributed by atoms with Crippen LogP contribution in [0.4, 0.5) is 0 Å². The molecule has 16 heavy (non-hydrogen) atoms. The third-order valence-corrected chi connectivity index (χ3v) is 1.87. The van der Waals surface area contributed by atoms with Gasteiger partial charge < -0.3 is 14.6 Å². The van der Waals surface area contributed by atoms with Crippen molar-refractivity contribution in [2.75, 3.05) is 26.9 Å². The molecule has 0 fully saturated rings. The Balaban J connectivity index is 2.14. The molecule has 1 N–H and O–H groups in total. The second-order valence-corrected chi connectivity index (χ2v) is 3.13. The summed E-state index contributed by atoms with van der Waals surface area (Å²) in [5, 5.41) is 15.8. The fourth-order valence-corrected chi connectivity index (χ4v) is 1.08. The maximum absolute atomic E-state index is 10.5. The SMILES string of the molecule is COCCOCCCn1cc(C(=O)O)nn1. The topological polar surface area (TPSA) is 86.5 Å². The molecule has 0 spiro atoms. The van der Waals surface area contributed by atoms with Gasteiger partial charge >= 0.3 is 5.97 Å². The van der Waals surface area contributed by atoms with Gasteiger partial charge in [-0.2, -0.15) is 0 Å². The van der Waals surface area contributed by atoms with Crippen molar-refractivity contribution in [1.82, 2.24) is 15.0 Å². The van der Waals surface area contributed by atoms with Crippen LogP contribution in [0.1, 0.15) is 16.9 Å². The van der Waals surface area contributed by atoms with Crippen LogP contribution >= 0.6 is 0 Å². The fraction of sp³-hybridized carbons (Fsp3) is 0.667. The molecule has 1 rings (SSSR count). The average Bonchev–Trinajstić information content (AvgIpc) is 2.72. The van der Waals surface area contributed by atoms with Crippen molar-refractivity contribution < 1.29 is 19.4 Å². The Morgan fingerprint density at radius 3 is 2.94 bits per heavy atom. The summed E-state index contributed by atoms with van der Waals surface area (Å²) in [5.74, 6) is -1.07. The van der Waals surface area contributed by atoms with Gasteiger partial charge in [-0.3, -0.25) is 4.68 Å². The molecule has 0 saturated heterocycles. The van der Waals surface area contributed by atoms with Gasteiger partial charge in [-0.05, 0) is 6.42 Å². The highest BCUT2D eigenvalue weighted by Gasteiger charge is 2.07. The number of aromatic nitrogens is 3. The third-order valence-electron chi connectivity index (χ3n) is 1.87. The number of aryl methyl sites for hydroxylation is 1. The molecule has 0 aromatic carbocycles. The first-order valence-corrected chi connectivity index (χ1v) is 4.94. The van der Waals surface area contributed by atoms with Crippen molar-refractivity contribution in [2.45, 2.75) is 13.0 Å². The Morgan fingerprint density at radius 1 is 1.50 bits per heavy atom. The van der Waals surface area contributed by atoms with Crippen LogP contribution in [0.2, 0.25) is 0 Å². The van der Waals surface area contributed by atoms with E-state index in [0.717, 1.165) is 6.42 Å². The zero-order valence-corrected chi connectivity index (χ0v) is 9.13. The number of rotatable bonds is 8. The van der Waals surface area contributed by atoms with E-state index in [4.69, 9.17) is 14.6 Å². The van der Waals surface area contributed by atoms with Gasteiger partial charge in [-0.25, -0.2) is 4.79 Å². The smallest absolute Gasteiger partial charge is 0.358 e. The molecule has 0 aliphatic rings. The summed E-state index contributed by atoms with van der Waals surface area (Å²) in [6.45, 7) is 2.32. The van der Waals surface area contributed by atoms with Crippen molar-refractivity contribution in [2.24, 2.45) is 0 Å². The van der Waals surface area contributed by atoms with Crippen LogP contribution in [-0.4, -0.2) is 53.0 Å². The van der Waals surface area contributed by atoms with Gasteiger partial charge in [-0.1, -0.05) is 5.21 Å². The van der Waals surface area contributed by atoms with Crippen LogP contribution in [0.5, 0.6) is 0 Å². The Kier molecular flexibility index (Phi) is 5.44. The molecule has 0 unspecified atom stereocenters. The lowest BCUT2D eigenvalue weighted by atomic mass is 10.4. The molecule has 0 aliphatic heterocycles. The number of aromatic carboxylic acids is 1. The van der Waals surface area contributed by atoms with E-state index in [-0.39, 0.29) is 5.69 Å². The number of carboxylic acids is 1. The highest BCUT2D eigenvalue weighted by atomic mass is 16.5. The van der Waals surface area contributed by atoms with Gasteiger partial charge in [0.1, 0.15) is 0 Å². The fourth-order valence-electron chi connectivity index (χ4n) is 1.08. The molecule has 1 heterocycles. The summed E-state index contributed by atoms with van der Waals surface area (Å²) in [7, 11) is 1.62. The second kappa shape index (κ2) is 6.91. The molecule has 0 radical (unpaired) electrons. The standard InChI is InChI=1S/C9H15N3O4/c1-15-5-6-16-4-2-3-12-7-8(9(13)14)10-11-12/h7H,2-6H2,1H3,(H,13,14). The average molecular weight is 229 g/mol. The van der Waals surface area contributed by atoms with Gasteiger partial charge in [0.25, 0.3) is 0 Å². The van der Waals surface area contributed by atoms with E-state index in [9.17, 15) is 4.79 Å². The van der Waals surface area contributed by atoms with Gasteiger partial charge in [-0.15, -0.1) is 5.10 Å². The monoisotopic (exact) mass is 229 g/mol. The van der Waals surface area contributed by atoms with Crippen molar-refractivity contribution >= 4 is 5.97 Å². The number of nitrogens with zero attached hydrogens (tertiary/aromatic N) is 3. The Hall–Kier alpha value is -1.47. The van der Waals surface area contributed by atoms with Crippen LogP contribution in [0.25, 0.3) is 0 Å². The number of carboxylic acid groups (broad SMARTS) is 1. The molecule has 0 saturated carbocycles. The first kappa shape index (κ1) is 12.6. The van der Waals surface area contributed by atoms with Crippen molar-refractivity contribution in [3.05, 3.63) is 11.9 Å². The van der Waals surface area contributed by atoms with Crippen LogP contribution < -0.4 is 0 Å². The lowest BCUT2D eigenvalue weighted by Crippen LogP contribution is -2.06. The van der Waals surface area contributed by atoms with E-state index in [1.165, 1.54) is 10.9 Å². The van der Waals surface area contributed by atoms with E-state index in [1.54, 1.807) is 7.11 Å². The summed E-state index contributed by atoms with van der Waals surface area (Å²) in [4.78, 5) is 10.5. The normalized spacial score (nSPS) is 10.6. The molecule has 7 heteroatoms. The van der Waals surface area contributed by atoms with Gasteiger partial charge in [0, 0.05) is 20.3 Å². The summed E-state index contributed by atoms with van der Waals surface area (Å²) in [5.41, 5.74) is -0.0414. The number of carbonyl (C=O) groups is 1. The van der Waals surface area contributed by atoms with Crippen LogP contribution in [0, 0.1) is 0 Å². The van der Waals surface area contributed by atoms with E-state index < -0.39 is 5.97 Å². The number of hydrogen-bond acceptors (Lipinski definition) is 5. The number of methoxy groups -OCH3 is 1. The number of hydrogen-bond donors (Lipinski definition) is 1. The van der Waals surface area contributed by atoms with Gasteiger partial charge in [0.05, 0.1) is 19.4 Å². The lowest BCUT2D eigenvalue weighted by Gasteiger charge is -2.02. The summed E-state index contributed by atoms with van der Waals surface area (Å²) in [6, 6.07) is 0. The van der Waals surface area contributed by atoms with Gasteiger partial charge in [0.15, 0.2) is 5.69 Å². The van der Waals surface area contributed by atoms with E-state index >= 15 is 0 Å². The largest absolute Gasteiger partial charge is 0.476 e. The zero-order valence-electron chi connectivity index (χ0n) is 9.13. The maximum atomic E-state index is 10.5. The van der Waals surface area contributed by atoms with E-state index in [1.807, 2.05) is 0 Å².